The molecule has 0 aliphatic carbocycles. The summed E-state index contributed by atoms with van der Waals surface area (Å²) in [5, 5.41) is 5.47. The highest BCUT2D eigenvalue weighted by Gasteiger charge is 2.36. The van der Waals surface area contributed by atoms with Crippen LogP contribution in [0.4, 0.5) is 0 Å². The number of nitrogens with zero attached hydrogens (tertiary/aromatic N) is 3. The van der Waals surface area contributed by atoms with Gasteiger partial charge >= 0.3 is 0 Å². The van der Waals surface area contributed by atoms with Crippen molar-refractivity contribution in [2.24, 2.45) is 5.10 Å². The third-order valence-corrected chi connectivity index (χ3v) is 6.73. The SMILES string of the molecule is Cc1ccc(C2=NN(S(C)(=O)=O)[C@@H](c3cc4cc5c(cc4nc3Cl)OCCO5)C2)cc1. The summed E-state index contributed by atoms with van der Waals surface area (Å²) < 4.78 is 37.5. The number of pyridine rings is 1. The van der Waals surface area contributed by atoms with E-state index >= 15 is 0 Å². The third-order valence-electron chi connectivity index (χ3n) is 5.42. The van der Waals surface area contributed by atoms with Gasteiger partial charge in [-0.1, -0.05) is 41.4 Å². The Morgan fingerprint density at radius 1 is 1.06 bits per heavy atom. The molecular formula is C22H20ClN3O4S. The van der Waals surface area contributed by atoms with Gasteiger partial charge in [0.15, 0.2) is 11.5 Å². The fourth-order valence-electron chi connectivity index (χ4n) is 3.88. The summed E-state index contributed by atoms with van der Waals surface area (Å²) >= 11 is 6.54. The summed E-state index contributed by atoms with van der Waals surface area (Å²) in [4.78, 5) is 4.51. The Kier molecular flexibility index (Phi) is 4.79. The summed E-state index contributed by atoms with van der Waals surface area (Å²) in [5.74, 6) is 1.26. The number of fused-ring (bicyclic) bond motifs is 2. The van der Waals surface area contributed by atoms with Crippen molar-refractivity contribution in [2.75, 3.05) is 19.5 Å². The average Bonchev–Trinajstić information content (AvgIpc) is 3.18. The molecule has 31 heavy (non-hydrogen) atoms. The Labute approximate surface area is 185 Å². The van der Waals surface area contributed by atoms with E-state index in [1.54, 1.807) is 6.07 Å². The van der Waals surface area contributed by atoms with Crippen LogP contribution in [0.1, 0.15) is 29.2 Å². The van der Waals surface area contributed by atoms with Crippen LogP contribution in [0.25, 0.3) is 10.9 Å². The molecule has 9 heteroatoms. The fraction of sp³-hybridized carbons (Fsp3) is 0.273. The van der Waals surface area contributed by atoms with Crippen molar-refractivity contribution in [2.45, 2.75) is 19.4 Å². The summed E-state index contributed by atoms with van der Waals surface area (Å²) in [5.41, 5.74) is 3.94. The molecular weight excluding hydrogens is 438 g/mol. The topological polar surface area (TPSA) is 81.1 Å². The van der Waals surface area contributed by atoms with Crippen LogP contribution in [0, 0.1) is 6.92 Å². The molecule has 5 rings (SSSR count). The van der Waals surface area contributed by atoms with Crippen LogP contribution >= 0.6 is 11.6 Å². The number of hydrogen-bond acceptors (Lipinski definition) is 6. The van der Waals surface area contributed by atoms with Gasteiger partial charge in [0, 0.05) is 23.4 Å². The minimum atomic E-state index is -3.62. The first kappa shape index (κ1) is 20.1. The predicted octanol–water partition coefficient (Wildman–Crippen LogP) is 4.08. The first-order valence-electron chi connectivity index (χ1n) is 9.83. The zero-order valence-electron chi connectivity index (χ0n) is 17.0. The number of hydrogen-bond donors (Lipinski definition) is 0. The maximum atomic E-state index is 12.5. The number of sulfonamides is 1. The fourth-order valence-corrected chi connectivity index (χ4v) is 5.05. The van der Waals surface area contributed by atoms with E-state index < -0.39 is 16.1 Å². The molecule has 1 aromatic heterocycles. The second kappa shape index (κ2) is 7.39. The molecule has 0 radical (unpaired) electrons. The minimum absolute atomic E-state index is 0.239. The Balaban J connectivity index is 1.59. The molecule has 0 fully saturated rings. The number of hydrazone groups is 1. The van der Waals surface area contributed by atoms with Crippen LogP contribution in [0.2, 0.25) is 5.15 Å². The first-order chi connectivity index (χ1) is 14.8. The van der Waals surface area contributed by atoms with E-state index in [0.29, 0.717) is 47.9 Å². The monoisotopic (exact) mass is 457 g/mol. The molecule has 3 heterocycles. The highest BCUT2D eigenvalue weighted by Crippen LogP contribution is 2.40. The van der Waals surface area contributed by atoms with Gasteiger partial charge in [0.1, 0.15) is 18.4 Å². The van der Waals surface area contributed by atoms with Crippen molar-refractivity contribution >= 4 is 38.2 Å². The van der Waals surface area contributed by atoms with Crippen LogP contribution < -0.4 is 9.47 Å². The van der Waals surface area contributed by atoms with Gasteiger partial charge in [-0.2, -0.15) is 9.52 Å². The van der Waals surface area contributed by atoms with E-state index in [2.05, 4.69) is 10.1 Å². The largest absolute Gasteiger partial charge is 0.486 e. The second-order valence-corrected chi connectivity index (χ2v) is 9.92. The highest BCUT2D eigenvalue weighted by molar-refractivity contribution is 7.88. The van der Waals surface area contributed by atoms with E-state index in [-0.39, 0.29) is 5.15 Å². The third kappa shape index (κ3) is 3.70. The molecule has 2 aliphatic rings. The van der Waals surface area contributed by atoms with Crippen molar-refractivity contribution in [3.63, 3.8) is 0 Å². The lowest BCUT2D eigenvalue weighted by Gasteiger charge is -2.23. The molecule has 0 bridgehead atoms. The van der Waals surface area contributed by atoms with E-state index in [4.69, 9.17) is 21.1 Å². The molecule has 0 unspecified atom stereocenters. The minimum Gasteiger partial charge on any atom is -0.486 e. The number of aromatic nitrogens is 1. The molecule has 0 saturated carbocycles. The molecule has 2 aromatic carbocycles. The van der Waals surface area contributed by atoms with Crippen molar-refractivity contribution in [3.05, 3.63) is 64.3 Å². The van der Waals surface area contributed by atoms with Crippen molar-refractivity contribution in [1.82, 2.24) is 9.40 Å². The predicted molar refractivity (Wildman–Crippen MR) is 119 cm³/mol. The molecule has 0 N–H and O–H groups in total. The zero-order chi connectivity index (χ0) is 21.8. The van der Waals surface area contributed by atoms with Gasteiger partial charge in [-0.05, 0) is 24.6 Å². The lowest BCUT2D eigenvalue weighted by atomic mass is 9.98. The molecule has 3 aromatic rings. The van der Waals surface area contributed by atoms with Crippen LogP contribution in [-0.4, -0.2) is 43.0 Å². The Morgan fingerprint density at radius 2 is 1.74 bits per heavy atom. The van der Waals surface area contributed by atoms with Gasteiger partial charge in [-0.15, -0.1) is 0 Å². The molecule has 0 saturated heterocycles. The Hall–Kier alpha value is -2.84. The van der Waals surface area contributed by atoms with Crippen LogP contribution in [0.3, 0.4) is 0 Å². The van der Waals surface area contributed by atoms with Gasteiger partial charge in [0.05, 0.1) is 23.5 Å². The number of halogens is 1. The molecule has 2 aliphatic heterocycles. The Morgan fingerprint density at radius 3 is 2.42 bits per heavy atom. The summed E-state index contributed by atoms with van der Waals surface area (Å²) in [6.45, 7) is 2.96. The maximum absolute atomic E-state index is 12.5. The van der Waals surface area contributed by atoms with Gasteiger partial charge in [-0.25, -0.2) is 13.4 Å². The molecule has 160 valence electrons. The van der Waals surface area contributed by atoms with Crippen LogP contribution in [0.5, 0.6) is 11.5 Å². The van der Waals surface area contributed by atoms with Gasteiger partial charge in [0.2, 0.25) is 10.0 Å². The van der Waals surface area contributed by atoms with Crippen molar-refractivity contribution in [3.8, 4) is 11.5 Å². The number of rotatable bonds is 3. The van der Waals surface area contributed by atoms with E-state index in [9.17, 15) is 8.42 Å². The maximum Gasteiger partial charge on any atom is 0.247 e. The van der Waals surface area contributed by atoms with Gasteiger partial charge < -0.3 is 9.47 Å². The lowest BCUT2D eigenvalue weighted by molar-refractivity contribution is 0.172. The van der Waals surface area contributed by atoms with E-state index in [0.717, 1.165) is 27.2 Å². The van der Waals surface area contributed by atoms with Crippen LogP contribution in [-0.2, 0) is 10.0 Å². The highest BCUT2D eigenvalue weighted by atomic mass is 35.5. The Bertz CT molecular complexity index is 1320. The molecule has 1 atom stereocenters. The molecule has 0 amide bonds. The van der Waals surface area contributed by atoms with Crippen molar-refractivity contribution in [1.29, 1.82) is 0 Å². The number of aryl methyl sites for hydroxylation is 1. The first-order valence-corrected chi connectivity index (χ1v) is 12.1. The van der Waals surface area contributed by atoms with E-state index in [1.165, 1.54) is 0 Å². The number of ether oxygens (including phenoxy) is 2. The van der Waals surface area contributed by atoms with E-state index in [1.807, 2.05) is 43.3 Å². The van der Waals surface area contributed by atoms with Gasteiger partial charge in [0.25, 0.3) is 0 Å². The van der Waals surface area contributed by atoms with Crippen molar-refractivity contribution < 1.29 is 17.9 Å². The second-order valence-electron chi connectivity index (χ2n) is 7.73. The quantitative estimate of drug-likeness (QED) is 0.553. The average molecular weight is 458 g/mol. The summed E-state index contributed by atoms with van der Waals surface area (Å²) in [7, 11) is -3.62. The molecule has 7 nitrogen and oxygen atoms in total. The van der Waals surface area contributed by atoms with Gasteiger partial charge in [-0.3, -0.25) is 0 Å². The normalized spacial score (nSPS) is 18.4. The summed E-state index contributed by atoms with van der Waals surface area (Å²) in [6.07, 6.45) is 1.54. The smallest absolute Gasteiger partial charge is 0.247 e. The summed E-state index contributed by atoms with van der Waals surface area (Å²) in [6, 6.07) is 12.8. The standard InChI is InChI=1S/C22H20ClN3O4S/c1-13-3-5-14(6-4-13)18-11-19(26(25-18)31(2,27)28)16-9-15-10-20-21(30-8-7-29-20)12-17(15)24-22(16)23/h3-6,9-10,12,19H,7-8,11H2,1-2H3/t19-/m1/s1. The lowest BCUT2D eigenvalue weighted by Crippen LogP contribution is -2.26. The molecule has 0 spiro atoms. The van der Waals surface area contributed by atoms with Crippen LogP contribution in [0.15, 0.2) is 47.6 Å². The zero-order valence-corrected chi connectivity index (χ0v) is 18.6. The number of benzene rings is 2.